The molecule has 47 heavy (non-hydrogen) atoms. The van der Waals surface area contributed by atoms with Crippen molar-refractivity contribution in [2.75, 3.05) is 11.9 Å². The van der Waals surface area contributed by atoms with Gasteiger partial charge in [-0.15, -0.1) is 0 Å². The summed E-state index contributed by atoms with van der Waals surface area (Å²) in [6, 6.07) is 21.4. The molecule has 1 amide bonds. The number of halogens is 1. The number of benzene rings is 3. The van der Waals surface area contributed by atoms with Crippen molar-refractivity contribution in [3.05, 3.63) is 117 Å². The third-order valence-electron chi connectivity index (χ3n) is 9.51. The molecule has 1 heterocycles. The number of amides is 1. The van der Waals surface area contributed by atoms with Crippen LogP contribution in [0, 0.1) is 24.7 Å². The molecule has 244 valence electrons. The normalized spacial score (nSPS) is 19.0. The lowest BCUT2D eigenvalue weighted by Gasteiger charge is -2.49. The monoisotopic (exact) mass is 650 g/mol. The Balaban J connectivity index is 1.46. The van der Waals surface area contributed by atoms with Gasteiger partial charge in [0.1, 0.15) is 5.75 Å². The van der Waals surface area contributed by atoms with Crippen molar-refractivity contribution in [1.82, 2.24) is 4.90 Å². The molecule has 3 aliphatic rings. The molecular formula is C40H43ClN2O4. The second-order valence-electron chi connectivity index (χ2n) is 14.9. The molecule has 0 radical (unpaired) electrons. The summed E-state index contributed by atoms with van der Waals surface area (Å²) >= 11 is 6.64. The number of hydrogen-bond donors (Lipinski definition) is 1. The fraction of sp³-hybridized carbons (Fsp3) is 0.375. The van der Waals surface area contributed by atoms with E-state index in [0.29, 0.717) is 59.7 Å². The van der Waals surface area contributed by atoms with Crippen molar-refractivity contribution >= 4 is 34.8 Å². The molecule has 6 rings (SSSR count). The van der Waals surface area contributed by atoms with Crippen LogP contribution in [0.2, 0.25) is 5.02 Å². The van der Waals surface area contributed by atoms with Gasteiger partial charge in [-0.05, 0) is 78.5 Å². The Morgan fingerprint density at radius 3 is 2.09 bits per heavy atom. The summed E-state index contributed by atoms with van der Waals surface area (Å²) in [7, 11) is 0. The zero-order valence-corrected chi connectivity index (χ0v) is 28.9. The number of hydrogen-bond acceptors (Lipinski definition) is 5. The van der Waals surface area contributed by atoms with Crippen LogP contribution < -0.4 is 10.1 Å². The van der Waals surface area contributed by atoms with Crippen molar-refractivity contribution in [3.8, 4) is 5.75 Å². The van der Waals surface area contributed by atoms with Crippen LogP contribution in [0.3, 0.4) is 0 Å². The van der Waals surface area contributed by atoms with Gasteiger partial charge in [-0.2, -0.15) is 0 Å². The topological polar surface area (TPSA) is 75.7 Å². The fourth-order valence-corrected chi connectivity index (χ4v) is 7.57. The molecular weight excluding hydrogens is 608 g/mol. The number of carbonyl (C=O) groups excluding carboxylic acids is 3. The standard InChI is InChI=1S/C40H43ClN2O4/c1-24-12-13-25(2)29(16-24)42-35(46)23-47-34-15-14-27(41)17-28(34)36-37-30(18-39(3,4)20-32(37)44)43(22-26-10-8-7-9-11-26)31-19-40(5,6)21-33(45)38(31)36/h7-17,36H,18-23H2,1-6H3,(H,42,46). The highest BCUT2D eigenvalue weighted by Gasteiger charge is 2.49. The highest BCUT2D eigenvalue weighted by atomic mass is 35.5. The van der Waals surface area contributed by atoms with Gasteiger partial charge >= 0.3 is 0 Å². The molecule has 7 heteroatoms. The smallest absolute Gasteiger partial charge is 0.262 e. The highest BCUT2D eigenvalue weighted by Crippen LogP contribution is 2.56. The van der Waals surface area contributed by atoms with Gasteiger partial charge in [0.25, 0.3) is 5.91 Å². The van der Waals surface area contributed by atoms with Crippen molar-refractivity contribution in [1.29, 1.82) is 0 Å². The zero-order chi connectivity index (χ0) is 33.7. The maximum absolute atomic E-state index is 14.3. The lowest BCUT2D eigenvalue weighted by molar-refractivity contribution is -0.120. The molecule has 0 unspecified atom stereocenters. The Morgan fingerprint density at radius 1 is 0.851 bits per heavy atom. The second-order valence-corrected chi connectivity index (χ2v) is 15.4. The van der Waals surface area contributed by atoms with Crippen LogP contribution in [0.25, 0.3) is 0 Å². The molecule has 0 atom stereocenters. The maximum Gasteiger partial charge on any atom is 0.262 e. The third-order valence-corrected chi connectivity index (χ3v) is 9.75. The van der Waals surface area contributed by atoms with Gasteiger partial charge in [-0.1, -0.05) is 81.8 Å². The average molecular weight is 651 g/mol. The zero-order valence-electron chi connectivity index (χ0n) is 28.1. The molecule has 0 saturated carbocycles. The van der Waals surface area contributed by atoms with Crippen LogP contribution in [0.1, 0.15) is 81.5 Å². The van der Waals surface area contributed by atoms with Gasteiger partial charge in [-0.25, -0.2) is 0 Å². The molecule has 1 N–H and O–H groups in total. The van der Waals surface area contributed by atoms with Gasteiger partial charge in [0.15, 0.2) is 18.2 Å². The molecule has 3 aromatic carbocycles. The summed E-state index contributed by atoms with van der Waals surface area (Å²) < 4.78 is 6.23. The predicted molar refractivity (Wildman–Crippen MR) is 186 cm³/mol. The van der Waals surface area contributed by atoms with E-state index in [1.165, 1.54) is 0 Å². The van der Waals surface area contributed by atoms with Crippen molar-refractivity contribution in [2.24, 2.45) is 10.8 Å². The lowest BCUT2D eigenvalue weighted by atomic mass is 9.63. The molecule has 0 fully saturated rings. The van der Waals surface area contributed by atoms with Crippen LogP contribution >= 0.6 is 11.6 Å². The fourth-order valence-electron chi connectivity index (χ4n) is 7.39. The SMILES string of the molecule is Cc1ccc(C)c(NC(=O)COc2ccc(Cl)cc2C2C3=C(CC(C)(C)CC3=O)N(Cc3ccccc3)C3=C2C(=O)CC(C)(C)C3)c1. The Kier molecular flexibility index (Phi) is 8.69. The van der Waals surface area contributed by atoms with E-state index in [9.17, 15) is 14.4 Å². The summed E-state index contributed by atoms with van der Waals surface area (Å²) in [5.74, 6) is -0.455. The Labute approximate surface area is 282 Å². The van der Waals surface area contributed by atoms with E-state index in [-0.39, 0.29) is 34.9 Å². The molecule has 3 aromatic rings. The molecule has 2 aliphatic carbocycles. The maximum atomic E-state index is 14.3. The summed E-state index contributed by atoms with van der Waals surface area (Å²) in [6.45, 7) is 12.8. The van der Waals surface area contributed by atoms with Crippen molar-refractivity contribution in [3.63, 3.8) is 0 Å². The summed E-state index contributed by atoms with van der Waals surface area (Å²) in [5, 5.41) is 3.43. The number of anilines is 1. The minimum Gasteiger partial charge on any atom is -0.483 e. The van der Waals surface area contributed by atoms with Crippen LogP contribution in [-0.2, 0) is 20.9 Å². The van der Waals surface area contributed by atoms with Crippen molar-refractivity contribution in [2.45, 2.75) is 79.7 Å². The lowest BCUT2D eigenvalue weighted by Crippen LogP contribution is -2.44. The summed E-state index contributed by atoms with van der Waals surface area (Å²) in [4.78, 5) is 44.0. The molecule has 0 bridgehead atoms. The second kappa shape index (κ2) is 12.5. The number of allylic oxidation sites excluding steroid dienone is 4. The van der Waals surface area contributed by atoms with E-state index in [1.807, 2.05) is 50.2 Å². The van der Waals surface area contributed by atoms with Gasteiger partial charge in [0.05, 0.1) is 0 Å². The third kappa shape index (κ3) is 6.80. The number of aryl methyl sites for hydroxylation is 2. The van der Waals surface area contributed by atoms with E-state index < -0.39 is 5.92 Å². The van der Waals surface area contributed by atoms with E-state index in [1.54, 1.807) is 18.2 Å². The van der Waals surface area contributed by atoms with Gasteiger partial charge in [0, 0.05) is 64.1 Å². The molecule has 0 aromatic heterocycles. The predicted octanol–water partition coefficient (Wildman–Crippen LogP) is 8.86. The molecule has 0 spiro atoms. The number of nitrogens with zero attached hydrogens (tertiary/aromatic N) is 1. The summed E-state index contributed by atoms with van der Waals surface area (Å²) in [5.41, 5.74) is 7.17. The largest absolute Gasteiger partial charge is 0.483 e. The number of ether oxygens (including phenoxy) is 1. The minimum atomic E-state index is -0.644. The Morgan fingerprint density at radius 2 is 1.47 bits per heavy atom. The number of Topliss-reactive ketones (excluding diaryl/α,β-unsaturated/α-hetero) is 2. The first-order valence-corrected chi connectivity index (χ1v) is 16.7. The number of rotatable bonds is 7. The van der Waals surface area contributed by atoms with Crippen LogP contribution in [0.4, 0.5) is 5.69 Å². The van der Waals surface area contributed by atoms with Gasteiger partial charge < -0.3 is 15.0 Å². The summed E-state index contributed by atoms with van der Waals surface area (Å²) in [6.07, 6.45) is 2.13. The van der Waals surface area contributed by atoms with E-state index in [2.05, 4.69) is 50.0 Å². The van der Waals surface area contributed by atoms with Crippen LogP contribution in [-0.4, -0.2) is 29.0 Å². The van der Waals surface area contributed by atoms with Crippen LogP contribution in [0.15, 0.2) is 89.3 Å². The van der Waals surface area contributed by atoms with Gasteiger partial charge in [-0.3, -0.25) is 14.4 Å². The number of ketones is 2. The first kappa shape index (κ1) is 32.8. The van der Waals surface area contributed by atoms with Crippen molar-refractivity contribution < 1.29 is 19.1 Å². The Hall–Kier alpha value is -4.16. The minimum absolute atomic E-state index is 0.0297. The molecule has 1 aliphatic heterocycles. The van der Waals surface area contributed by atoms with E-state index in [4.69, 9.17) is 16.3 Å². The van der Waals surface area contributed by atoms with E-state index >= 15 is 0 Å². The number of nitrogens with one attached hydrogen (secondary N) is 1. The molecule has 0 saturated heterocycles. The average Bonchev–Trinajstić information content (AvgIpc) is 2.98. The number of carbonyl (C=O) groups is 3. The molecule has 6 nitrogen and oxygen atoms in total. The highest BCUT2D eigenvalue weighted by molar-refractivity contribution is 6.30. The van der Waals surface area contributed by atoms with Gasteiger partial charge in [0.2, 0.25) is 0 Å². The quantitative estimate of drug-likeness (QED) is 0.276. The first-order chi connectivity index (χ1) is 22.2. The first-order valence-electron chi connectivity index (χ1n) is 16.3. The Bertz CT molecular complexity index is 1780. The van der Waals surface area contributed by atoms with Crippen LogP contribution in [0.5, 0.6) is 5.75 Å². The van der Waals surface area contributed by atoms with E-state index in [0.717, 1.165) is 33.8 Å².